The molecular weight excluding hydrogens is 1070 g/mol. The Balaban J connectivity index is 0.000000315. The molecule has 0 bridgehead atoms. The lowest BCUT2D eigenvalue weighted by Gasteiger charge is -2.43. The number of esters is 2. The van der Waals surface area contributed by atoms with Crippen molar-refractivity contribution < 1.29 is 38.2 Å². The number of aliphatic hydroxyl groups is 1. The molecule has 458 valence electrons. The summed E-state index contributed by atoms with van der Waals surface area (Å²) in [5.41, 5.74) is 17.0. The number of hydrogen-bond acceptors (Lipinski definition) is 8. The van der Waals surface area contributed by atoms with E-state index in [9.17, 15) is 24.3 Å². The van der Waals surface area contributed by atoms with Crippen LogP contribution in [-0.4, -0.2) is 63.4 Å². The van der Waals surface area contributed by atoms with E-state index < -0.39 is 31.8 Å². The molecule has 85 heavy (non-hydrogen) atoms. The summed E-state index contributed by atoms with van der Waals surface area (Å²) in [6, 6.07) is 41.6. The SMILES string of the molecule is CCC(CC)(c1ccc(CCC(O)C(C)(C)C)c(C)c1)c1ccc(-c2cccc(C(=O)C(=O)OC)c2)c(C)c1.CCC(CC)(c1ccc(CCC(O[Si](C)(C)C(C)(C)C)C(C)(C)C)c(C)c1)c1ccc(-c2cccc(C(=O)C(=O)OC)c2)c(C)c1. The van der Waals surface area contributed by atoms with E-state index in [4.69, 9.17) is 4.43 Å². The molecular formula is C76H102O8Si. The second kappa shape index (κ2) is 28.5. The fourth-order valence-electron chi connectivity index (χ4n) is 11.9. The van der Waals surface area contributed by atoms with Crippen molar-refractivity contribution in [1.82, 2.24) is 0 Å². The molecule has 0 radical (unpaired) electrons. The summed E-state index contributed by atoms with van der Waals surface area (Å²) < 4.78 is 16.2. The maximum Gasteiger partial charge on any atom is 0.379 e. The summed E-state index contributed by atoms with van der Waals surface area (Å²) in [6.07, 6.45) is 7.40. The van der Waals surface area contributed by atoms with E-state index in [1.165, 1.54) is 58.7 Å². The Morgan fingerprint density at radius 2 is 0.824 bits per heavy atom. The minimum atomic E-state index is -1.89. The second-order valence-electron chi connectivity index (χ2n) is 27.4. The molecule has 8 nitrogen and oxygen atoms in total. The van der Waals surface area contributed by atoms with Crippen molar-refractivity contribution in [1.29, 1.82) is 0 Å². The Morgan fingerprint density at radius 1 is 0.471 bits per heavy atom. The van der Waals surface area contributed by atoms with Gasteiger partial charge in [0.25, 0.3) is 11.6 Å². The summed E-state index contributed by atoms with van der Waals surface area (Å²) in [5, 5.41) is 10.7. The van der Waals surface area contributed by atoms with Gasteiger partial charge in [0.1, 0.15) is 0 Å². The van der Waals surface area contributed by atoms with Gasteiger partial charge in [-0.2, -0.15) is 0 Å². The largest absolute Gasteiger partial charge is 0.463 e. The Bertz CT molecular complexity index is 3300. The Hall–Kier alpha value is -6.26. The van der Waals surface area contributed by atoms with Gasteiger partial charge in [0.15, 0.2) is 8.32 Å². The molecule has 1 N–H and O–H groups in total. The molecule has 0 aromatic heterocycles. The molecule has 2 atom stereocenters. The number of benzene rings is 6. The van der Waals surface area contributed by atoms with Crippen molar-refractivity contribution in [2.45, 2.75) is 210 Å². The van der Waals surface area contributed by atoms with E-state index in [-0.39, 0.29) is 38.9 Å². The number of carbonyl (C=O) groups is 4. The molecule has 6 aromatic carbocycles. The molecule has 0 amide bonds. The van der Waals surface area contributed by atoms with Gasteiger partial charge in [0.05, 0.1) is 26.4 Å². The van der Waals surface area contributed by atoms with Crippen molar-refractivity contribution in [3.8, 4) is 22.3 Å². The molecule has 9 heteroatoms. The van der Waals surface area contributed by atoms with E-state index in [0.717, 1.165) is 84.7 Å². The number of ether oxygens (including phenoxy) is 2. The van der Waals surface area contributed by atoms with E-state index in [2.05, 4.69) is 213 Å². The van der Waals surface area contributed by atoms with Crippen LogP contribution in [0, 0.1) is 38.5 Å². The van der Waals surface area contributed by atoms with Crippen LogP contribution in [0.25, 0.3) is 22.3 Å². The molecule has 0 aliphatic carbocycles. The summed E-state index contributed by atoms with van der Waals surface area (Å²) in [6.45, 7) is 42.5. The summed E-state index contributed by atoms with van der Waals surface area (Å²) in [4.78, 5) is 48.4. The van der Waals surface area contributed by atoms with Gasteiger partial charge in [-0.25, -0.2) is 9.59 Å². The predicted octanol–water partition coefficient (Wildman–Crippen LogP) is 18.6. The van der Waals surface area contributed by atoms with Crippen LogP contribution in [0.2, 0.25) is 18.1 Å². The number of rotatable bonds is 22. The molecule has 2 unspecified atom stereocenters. The number of carbonyl (C=O) groups excluding carboxylic acids is 4. The van der Waals surface area contributed by atoms with Gasteiger partial charge in [-0.05, 0) is 198 Å². The lowest BCUT2D eigenvalue weighted by molar-refractivity contribution is -0.135. The van der Waals surface area contributed by atoms with Crippen molar-refractivity contribution in [3.05, 3.63) is 188 Å². The number of methoxy groups -OCH3 is 2. The maximum atomic E-state index is 12.4. The number of hydrogen-bond donors (Lipinski definition) is 1. The Morgan fingerprint density at radius 3 is 1.13 bits per heavy atom. The number of aryl methyl sites for hydroxylation is 6. The standard InChI is InChI=1S/C41H58O4Si.C35H44O4/c1-14-41(15-2,34-22-23-35(29(4)26-34)31-17-16-18-32(27-31)37(42)38(43)44-11)33-21-19-30(28(3)25-33)20-24-36(39(5,6)7)45-46(12,13)40(8,9)10;1-9-35(10-2,28-16-14-25(23(3)20-28)15-19-31(36)34(5,6)7)29-17-18-30(24(4)21-29)26-12-11-13-27(22-26)32(37)33(38)39-8/h16-19,21-23,25-27,36H,14-15,20,24H2,1-13H3;11-14,16-18,20-22,31,36H,9-10,15,19H2,1-8H3. The van der Waals surface area contributed by atoms with Crippen LogP contribution < -0.4 is 0 Å². The van der Waals surface area contributed by atoms with Gasteiger partial charge in [0, 0.05) is 22.0 Å². The van der Waals surface area contributed by atoms with Gasteiger partial charge in [-0.15, -0.1) is 0 Å². The molecule has 0 aliphatic rings. The minimum Gasteiger partial charge on any atom is -0.463 e. The summed E-state index contributed by atoms with van der Waals surface area (Å²) >= 11 is 0. The third-order valence-corrected chi connectivity index (χ3v) is 23.4. The van der Waals surface area contributed by atoms with Crippen molar-refractivity contribution in [2.75, 3.05) is 14.2 Å². The average Bonchev–Trinajstić information content (AvgIpc) is 3.50. The lowest BCUT2D eigenvalue weighted by atomic mass is 9.69. The van der Waals surface area contributed by atoms with Crippen LogP contribution in [0.5, 0.6) is 0 Å². The van der Waals surface area contributed by atoms with Crippen LogP contribution in [0.4, 0.5) is 0 Å². The van der Waals surface area contributed by atoms with Gasteiger partial charge >= 0.3 is 11.9 Å². The third kappa shape index (κ3) is 16.2. The minimum absolute atomic E-state index is 0.0746. The van der Waals surface area contributed by atoms with E-state index >= 15 is 0 Å². The average molecular weight is 1170 g/mol. The highest BCUT2D eigenvalue weighted by Gasteiger charge is 2.42. The smallest absolute Gasteiger partial charge is 0.379 e. The molecule has 0 fully saturated rings. The van der Waals surface area contributed by atoms with Gasteiger partial charge in [0.2, 0.25) is 0 Å². The van der Waals surface area contributed by atoms with Crippen LogP contribution in [-0.2, 0) is 47.2 Å². The summed E-state index contributed by atoms with van der Waals surface area (Å²) in [7, 11) is 0.553. The monoisotopic (exact) mass is 1170 g/mol. The predicted molar refractivity (Wildman–Crippen MR) is 355 cm³/mol. The van der Waals surface area contributed by atoms with Crippen LogP contribution >= 0.6 is 0 Å². The van der Waals surface area contributed by atoms with Crippen LogP contribution in [0.15, 0.2) is 121 Å². The van der Waals surface area contributed by atoms with Crippen molar-refractivity contribution in [2.24, 2.45) is 10.8 Å². The Kier molecular flexibility index (Phi) is 23.3. The van der Waals surface area contributed by atoms with Crippen molar-refractivity contribution >= 4 is 31.8 Å². The van der Waals surface area contributed by atoms with Gasteiger partial charge in [-0.1, -0.05) is 199 Å². The Labute approximate surface area is 513 Å². The van der Waals surface area contributed by atoms with Crippen LogP contribution in [0.3, 0.4) is 0 Å². The first-order valence-corrected chi connectivity index (χ1v) is 33.8. The molecule has 0 heterocycles. The van der Waals surface area contributed by atoms with Gasteiger partial charge in [-0.3, -0.25) is 9.59 Å². The van der Waals surface area contributed by atoms with E-state index in [1.807, 2.05) is 18.2 Å². The zero-order valence-electron chi connectivity index (χ0n) is 55.7. The zero-order chi connectivity index (χ0) is 63.6. The first kappa shape index (κ1) is 69.5. The number of aliphatic hydroxyl groups excluding tert-OH is 1. The quantitative estimate of drug-likeness (QED) is 0.0309. The molecule has 0 saturated heterocycles. The fourth-order valence-corrected chi connectivity index (χ4v) is 13.4. The lowest BCUT2D eigenvalue weighted by Crippen LogP contribution is -2.47. The highest BCUT2D eigenvalue weighted by Crippen LogP contribution is 2.45. The number of ketones is 2. The van der Waals surface area contributed by atoms with Gasteiger partial charge < -0.3 is 19.0 Å². The highest BCUT2D eigenvalue weighted by atomic mass is 28.4. The van der Waals surface area contributed by atoms with E-state index in [1.54, 1.807) is 30.3 Å². The molecule has 6 rings (SSSR count). The van der Waals surface area contributed by atoms with Crippen molar-refractivity contribution in [3.63, 3.8) is 0 Å². The highest BCUT2D eigenvalue weighted by molar-refractivity contribution is 6.74. The molecule has 0 saturated carbocycles. The third-order valence-electron chi connectivity index (χ3n) is 18.9. The topological polar surface area (TPSA) is 116 Å². The first-order chi connectivity index (χ1) is 39.7. The molecule has 0 spiro atoms. The first-order valence-electron chi connectivity index (χ1n) is 30.9. The number of Topliss-reactive ketones (excluding diaryl/α,β-unsaturated/α-hetero) is 2. The maximum absolute atomic E-state index is 12.4. The zero-order valence-corrected chi connectivity index (χ0v) is 56.7. The molecule has 0 aliphatic heterocycles. The summed E-state index contributed by atoms with van der Waals surface area (Å²) in [5.74, 6) is -2.99. The fraction of sp³-hybridized carbons (Fsp3) is 0.474. The second-order valence-corrected chi connectivity index (χ2v) is 32.2. The van der Waals surface area contributed by atoms with E-state index in [0.29, 0.717) is 11.1 Å². The normalized spacial score (nSPS) is 13.1. The molecule has 6 aromatic rings. The van der Waals surface area contributed by atoms with Crippen LogP contribution in [0.1, 0.15) is 205 Å².